The summed E-state index contributed by atoms with van der Waals surface area (Å²) in [4.78, 5) is 13.4. The fourth-order valence-corrected chi connectivity index (χ4v) is 2.43. The maximum Gasteiger partial charge on any atom is 0.236 e. The zero-order valence-electron chi connectivity index (χ0n) is 12.1. The fourth-order valence-electron chi connectivity index (χ4n) is 1.96. The quantitative estimate of drug-likeness (QED) is 0.411. The minimum atomic E-state index is -0.173. The van der Waals surface area contributed by atoms with Crippen LogP contribution in [0.15, 0.2) is 24.3 Å². The molecule has 0 aromatic heterocycles. The molecular weight excluding hydrogens is 411 g/mol. The van der Waals surface area contributed by atoms with E-state index in [1.54, 1.807) is 19.1 Å². The van der Waals surface area contributed by atoms with Crippen LogP contribution in [0.2, 0.25) is 0 Å². The van der Waals surface area contributed by atoms with Gasteiger partial charge in [-0.1, -0.05) is 22.4 Å². The molecule has 1 aliphatic heterocycles. The molecule has 21 heavy (non-hydrogen) atoms. The van der Waals surface area contributed by atoms with E-state index in [-0.39, 0.29) is 43.4 Å². The Morgan fingerprint density at radius 3 is 2.62 bits per heavy atom. The van der Waals surface area contributed by atoms with E-state index in [0.717, 1.165) is 17.0 Å². The molecule has 1 aromatic rings. The maximum atomic E-state index is 11.9. The SMILES string of the molecule is COCCOc1ccc(C2=[C-]CC(Br)C(=O)N2C)cc1.[Y]. The molecule has 1 radical (unpaired) electrons. The molecule has 1 atom stereocenters. The van der Waals surface area contributed by atoms with Gasteiger partial charge in [0.25, 0.3) is 0 Å². The minimum Gasteiger partial charge on any atom is -0.491 e. The van der Waals surface area contributed by atoms with E-state index in [2.05, 4.69) is 22.0 Å². The molecule has 0 spiro atoms. The summed E-state index contributed by atoms with van der Waals surface area (Å²) < 4.78 is 10.4. The number of amides is 1. The number of allylic oxidation sites excluding steroid dienone is 1. The molecule has 2 rings (SSSR count). The number of methoxy groups -OCH3 is 1. The summed E-state index contributed by atoms with van der Waals surface area (Å²) in [5.74, 6) is 0.841. The number of halogens is 1. The van der Waals surface area contributed by atoms with Crippen LogP contribution < -0.4 is 4.74 Å². The van der Waals surface area contributed by atoms with Crippen LogP contribution in [-0.4, -0.2) is 43.0 Å². The normalized spacial score (nSPS) is 18.0. The van der Waals surface area contributed by atoms with Gasteiger partial charge in [-0.05, 0) is 12.1 Å². The third-order valence-corrected chi connectivity index (χ3v) is 3.78. The van der Waals surface area contributed by atoms with Gasteiger partial charge in [0.15, 0.2) is 0 Å². The van der Waals surface area contributed by atoms with Gasteiger partial charge >= 0.3 is 0 Å². The van der Waals surface area contributed by atoms with Gasteiger partial charge in [-0.3, -0.25) is 4.79 Å². The zero-order valence-corrected chi connectivity index (χ0v) is 16.6. The van der Waals surface area contributed by atoms with Crippen molar-refractivity contribution in [2.24, 2.45) is 0 Å². The average Bonchev–Trinajstić information content (AvgIpc) is 2.46. The number of hydrogen-bond donors (Lipinski definition) is 0. The van der Waals surface area contributed by atoms with E-state index in [0.29, 0.717) is 19.6 Å². The predicted molar refractivity (Wildman–Crippen MR) is 80.6 cm³/mol. The fraction of sp³-hybridized carbons (Fsp3) is 0.400. The van der Waals surface area contributed by atoms with Gasteiger partial charge in [0.2, 0.25) is 5.91 Å². The van der Waals surface area contributed by atoms with Crippen molar-refractivity contribution in [2.75, 3.05) is 27.4 Å². The van der Waals surface area contributed by atoms with E-state index >= 15 is 0 Å². The first kappa shape index (κ1) is 18.8. The summed E-state index contributed by atoms with van der Waals surface area (Å²) in [6.45, 7) is 1.08. The van der Waals surface area contributed by atoms with Crippen molar-refractivity contribution in [1.29, 1.82) is 0 Å². The Labute approximate surface area is 158 Å². The summed E-state index contributed by atoms with van der Waals surface area (Å²) in [6, 6.07) is 7.64. The smallest absolute Gasteiger partial charge is 0.236 e. The maximum absolute atomic E-state index is 11.9. The van der Waals surface area contributed by atoms with Crippen molar-refractivity contribution >= 4 is 27.5 Å². The number of alkyl halides is 1. The Morgan fingerprint density at radius 1 is 1.33 bits per heavy atom. The molecule has 4 nitrogen and oxygen atoms in total. The molecular formula is C15H17BrNO3Y-. The summed E-state index contributed by atoms with van der Waals surface area (Å²) in [5.41, 5.74) is 1.77. The van der Waals surface area contributed by atoms with Crippen molar-refractivity contribution in [3.05, 3.63) is 35.9 Å². The topological polar surface area (TPSA) is 38.8 Å². The minimum absolute atomic E-state index is 0. The van der Waals surface area contributed by atoms with Gasteiger partial charge in [-0.15, -0.1) is 17.8 Å². The molecule has 1 aromatic carbocycles. The molecule has 1 unspecified atom stereocenters. The molecule has 0 N–H and O–H groups in total. The molecule has 1 heterocycles. The second kappa shape index (κ2) is 9.03. The third kappa shape index (κ3) is 4.88. The molecule has 0 saturated carbocycles. The summed E-state index contributed by atoms with van der Waals surface area (Å²) >= 11 is 3.34. The Morgan fingerprint density at radius 2 is 2.00 bits per heavy atom. The molecule has 0 bridgehead atoms. The van der Waals surface area contributed by atoms with E-state index in [4.69, 9.17) is 9.47 Å². The van der Waals surface area contributed by atoms with Crippen molar-refractivity contribution in [3.63, 3.8) is 0 Å². The van der Waals surface area contributed by atoms with Gasteiger partial charge in [-0.2, -0.15) is 5.56 Å². The second-order valence-electron chi connectivity index (χ2n) is 4.46. The Kier molecular flexibility index (Phi) is 8.10. The number of ether oxygens (including phenoxy) is 2. The van der Waals surface area contributed by atoms with Crippen molar-refractivity contribution in [2.45, 2.75) is 11.2 Å². The van der Waals surface area contributed by atoms with Crippen LogP contribution in [0, 0.1) is 6.08 Å². The molecule has 0 saturated heterocycles. The van der Waals surface area contributed by atoms with E-state index in [9.17, 15) is 4.79 Å². The standard InChI is InChI=1S/C15H17BrNO3.Y/c1-17-14(8-7-13(16)15(17)18)11-3-5-12(6-4-11)20-10-9-19-2;/h3-6,13H,7,9-10H2,1-2H3;/q-1;. The monoisotopic (exact) mass is 427 g/mol. The third-order valence-electron chi connectivity index (χ3n) is 3.07. The second-order valence-corrected chi connectivity index (χ2v) is 5.57. The van der Waals surface area contributed by atoms with Crippen LogP contribution in [0.5, 0.6) is 5.75 Å². The number of carbonyl (C=O) groups excluding carboxylic acids is 1. The molecule has 111 valence electrons. The van der Waals surface area contributed by atoms with Crippen LogP contribution in [0.4, 0.5) is 0 Å². The van der Waals surface area contributed by atoms with Gasteiger partial charge < -0.3 is 14.4 Å². The van der Waals surface area contributed by atoms with Crippen molar-refractivity contribution < 1.29 is 47.0 Å². The molecule has 1 aliphatic rings. The summed E-state index contributed by atoms with van der Waals surface area (Å²) in [5, 5.41) is 0. The average molecular weight is 428 g/mol. The molecule has 0 aliphatic carbocycles. The first-order chi connectivity index (χ1) is 9.63. The van der Waals surface area contributed by atoms with E-state index in [1.165, 1.54) is 0 Å². The molecule has 6 heteroatoms. The number of nitrogens with zero attached hydrogens (tertiary/aromatic N) is 1. The van der Waals surface area contributed by atoms with Gasteiger partial charge in [-0.25, -0.2) is 6.08 Å². The van der Waals surface area contributed by atoms with Crippen LogP contribution in [0.25, 0.3) is 5.70 Å². The van der Waals surface area contributed by atoms with Crippen molar-refractivity contribution in [3.8, 4) is 5.75 Å². The molecule has 1 amide bonds. The number of carbonyl (C=O) groups is 1. The number of rotatable bonds is 5. The van der Waals surface area contributed by atoms with Crippen LogP contribution in [-0.2, 0) is 42.2 Å². The van der Waals surface area contributed by atoms with Gasteiger partial charge in [0.1, 0.15) is 12.4 Å². The largest absolute Gasteiger partial charge is 0.491 e. The first-order valence-corrected chi connectivity index (χ1v) is 7.29. The van der Waals surface area contributed by atoms with Crippen molar-refractivity contribution in [1.82, 2.24) is 4.90 Å². The predicted octanol–water partition coefficient (Wildman–Crippen LogP) is 2.48. The van der Waals surface area contributed by atoms with Gasteiger partial charge in [0, 0.05) is 46.9 Å². The first-order valence-electron chi connectivity index (χ1n) is 6.38. The molecule has 0 fully saturated rings. The number of benzene rings is 1. The number of hydrogen-bond acceptors (Lipinski definition) is 3. The summed E-state index contributed by atoms with van der Waals surface area (Å²) in [6.07, 6.45) is 3.84. The van der Waals surface area contributed by atoms with Crippen LogP contribution >= 0.6 is 15.9 Å². The van der Waals surface area contributed by atoms with E-state index in [1.807, 2.05) is 24.3 Å². The summed E-state index contributed by atoms with van der Waals surface area (Å²) in [7, 11) is 3.41. The van der Waals surface area contributed by atoms with Crippen LogP contribution in [0.3, 0.4) is 0 Å². The Balaban J connectivity index is 0.00000220. The zero-order chi connectivity index (χ0) is 14.5. The Bertz CT molecular complexity index is 504. The van der Waals surface area contributed by atoms with E-state index < -0.39 is 0 Å². The van der Waals surface area contributed by atoms with Gasteiger partial charge in [0.05, 0.1) is 11.4 Å². The Hall–Kier alpha value is -0.226. The van der Waals surface area contributed by atoms with Crippen LogP contribution in [0.1, 0.15) is 12.0 Å².